The van der Waals surface area contributed by atoms with E-state index in [9.17, 15) is 8.42 Å². The molecule has 2 N–H and O–H groups in total. The molecule has 1 aromatic rings. The molecular formula is C14H20N2O2S. The van der Waals surface area contributed by atoms with Gasteiger partial charge in [0.1, 0.15) is 0 Å². The van der Waals surface area contributed by atoms with E-state index in [1.54, 1.807) is 12.1 Å². The van der Waals surface area contributed by atoms with Crippen LogP contribution in [-0.2, 0) is 16.6 Å². The quantitative estimate of drug-likeness (QED) is 0.798. The van der Waals surface area contributed by atoms with Crippen LogP contribution in [0.4, 0.5) is 0 Å². The molecule has 0 aliphatic heterocycles. The molecule has 0 amide bonds. The molecule has 0 saturated heterocycles. The fourth-order valence-electron chi connectivity index (χ4n) is 2.08. The summed E-state index contributed by atoms with van der Waals surface area (Å²) in [7, 11) is -3.36. The van der Waals surface area contributed by atoms with E-state index in [1.165, 1.54) is 12.8 Å². The van der Waals surface area contributed by atoms with Crippen molar-refractivity contribution in [1.29, 1.82) is 0 Å². The molecule has 0 heterocycles. The summed E-state index contributed by atoms with van der Waals surface area (Å²) in [6.45, 7) is 1.21. The third-order valence-electron chi connectivity index (χ3n) is 3.68. The molecular weight excluding hydrogens is 260 g/mol. The van der Waals surface area contributed by atoms with Crippen molar-refractivity contribution in [3.8, 4) is 0 Å². The summed E-state index contributed by atoms with van der Waals surface area (Å²) in [6, 6.07) is 7.84. The minimum atomic E-state index is -3.36. The highest BCUT2D eigenvalue weighted by atomic mass is 32.2. The second kappa shape index (κ2) is 5.23. The zero-order chi connectivity index (χ0) is 13.3. The average molecular weight is 280 g/mol. The van der Waals surface area contributed by atoms with Gasteiger partial charge in [-0.15, -0.1) is 0 Å². The number of hydrogen-bond donors (Lipinski definition) is 2. The van der Waals surface area contributed by atoms with Crippen LogP contribution in [0.5, 0.6) is 0 Å². The zero-order valence-corrected chi connectivity index (χ0v) is 11.7. The van der Waals surface area contributed by atoms with Crippen LogP contribution in [0.2, 0.25) is 0 Å². The van der Waals surface area contributed by atoms with Gasteiger partial charge in [-0.25, -0.2) is 13.1 Å². The molecule has 0 radical (unpaired) electrons. The van der Waals surface area contributed by atoms with Gasteiger partial charge in [-0.3, -0.25) is 0 Å². The van der Waals surface area contributed by atoms with E-state index in [1.807, 2.05) is 12.1 Å². The number of rotatable bonds is 7. The fraction of sp³-hybridized carbons (Fsp3) is 0.571. The Hall–Kier alpha value is -0.910. The van der Waals surface area contributed by atoms with E-state index in [-0.39, 0.29) is 0 Å². The predicted molar refractivity (Wildman–Crippen MR) is 74.2 cm³/mol. The van der Waals surface area contributed by atoms with Gasteiger partial charge >= 0.3 is 0 Å². The van der Waals surface area contributed by atoms with Gasteiger partial charge in [-0.2, -0.15) is 0 Å². The number of hydrogen-bond acceptors (Lipinski definition) is 3. The first-order chi connectivity index (χ1) is 9.15. The first-order valence-corrected chi connectivity index (χ1v) is 8.44. The molecule has 2 fully saturated rings. The van der Waals surface area contributed by atoms with Crippen molar-refractivity contribution in [2.45, 2.75) is 43.2 Å². The Kier molecular flexibility index (Phi) is 3.60. The van der Waals surface area contributed by atoms with Crippen molar-refractivity contribution in [2.75, 3.05) is 6.54 Å². The molecule has 4 nitrogen and oxygen atoms in total. The summed E-state index contributed by atoms with van der Waals surface area (Å²) in [5.41, 5.74) is 0.859. The summed E-state index contributed by atoms with van der Waals surface area (Å²) in [5, 5.41) is 3.37. The predicted octanol–water partition coefficient (Wildman–Crippen LogP) is 1.63. The Balaban J connectivity index is 1.72. The first kappa shape index (κ1) is 13.1. The van der Waals surface area contributed by atoms with E-state index >= 15 is 0 Å². The monoisotopic (exact) mass is 280 g/mol. The smallest absolute Gasteiger partial charge is 0.240 e. The third kappa shape index (κ3) is 3.55. The van der Waals surface area contributed by atoms with Crippen LogP contribution in [0.1, 0.15) is 31.2 Å². The van der Waals surface area contributed by atoms with E-state index in [0.717, 1.165) is 18.4 Å². The third-order valence-corrected chi connectivity index (χ3v) is 5.20. The summed E-state index contributed by atoms with van der Waals surface area (Å²) >= 11 is 0. The Morgan fingerprint density at radius 3 is 2.53 bits per heavy atom. The molecule has 19 heavy (non-hydrogen) atoms. The lowest BCUT2D eigenvalue weighted by Crippen LogP contribution is -2.27. The highest BCUT2D eigenvalue weighted by Crippen LogP contribution is 2.28. The summed E-state index contributed by atoms with van der Waals surface area (Å²) in [6.07, 6.45) is 4.70. The van der Waals surface area contributed by atoms with Crippen LogP contribution >= 0.6 is 0 Å². The second-order valence-electron chi connectivity index (χ2n) is 5.56. The molecule has 0 spiro atoms. The fourth-order valence-corrected chi connectivity index (χ4v) is 3.43. The van der Waals surface area contributed by atoms with Crippen molar-refractivity contribution in [3.63, 3.8) is 0 Å². The lowest BCUT2D eigenvalue weighted by molar-refractivity contribution is 0.574. The van der Waals surface area contributed by atoms with E-state index in [0.29, 0.717) is 29.9 Å². The van der Waals surface area contributed by atoms with Gasteiger partial charge in [-0.1, -0.05) is 18.2 Å². The Morgan fingerprint density at radius 2 is 1.84 bits per heavy atom. The molecule has 0 aromatic heterocycles. The van der Waals surface area contributed by atoms with Crippen molar-refractivity contribution >= 4 is 10.0 Å². The van der Waals surface area contributed by atoms with Gasteiger partial charge in [0.15, 0.2) is 0 Å². The molecule has 0 bridgehead atoms. The largest absolute Gasteiger partial charge is 0.310 e. The summed E-state index contributed by atoms with van der Waals surface area (Å²) in [4.78, 5) is 0.420. The van der Waals surface area contributed by atoms with Crippen molar-refractivity contribution in [1.82, 2.24) is 10.0 Å². The zero-order valence-electron chi connectivity index (χ0n) is 10.9. The van der Waals surface area contributed by atoms with Crippen LogP contribution in [0.3, 0.4) is 0 Å². The maximum atomic E-state index is 12.3. The molecule has 2 aliphatic rings. The first-order valence-electron chi connectivity index (χ1n) is 6.96. The van der Waals surface area contributed by atoms with Gasteiger partial charge in [0, 0.05) is 19.1 Å². The molecule has 2 saturated carbocycles. The topological polar surface area (TPSA) is 58.2 Å². The number of sulfonamides is 1. The van der Waals surface area contributed by atoms with Crippen LogP contribution < -0.4 is 10.0 Å². The van der Waals surface area contributed by atoms with Crippen molar-refractivity contribution in [3.05, 3.63) is 29.8 Å². The van der Waals surface area contributed by atoms with Crippen molar-refractivity contribution < 1.29 is 8.42 Å². The van der Waals surface area contributed by atoms with Crippen LogP contribution in [0, 0.1) is 5.92 Å². The Bertz CT molecular complexity index is 548. The lowest BCUT2D eigenvalue weighted by atomic mass is 10.2. The molecule has 1 aromatic carbocycles. The van der Waals surface area contributed by atoms with Gasteiger partial charge < -0.3 is 5.32 Å². The maximum absolute atomic E-state index is 12.3. The van der Waals surface area contributed by atoms with Crippen molar-refractivity contribution in [2.24, 2.45) is 5.92 Å². The highest BCUT2D eigenvalue weighted by molar-refractivity contribution is 7.89. The van der Waals surface area contributed by atoms with E-state index in [4.69, 9.17) is 0 Å². The van der Waals surface area contributed by atoms with Gasteiger partial charge in [0.25, 0.3) is 0 Å². The maximum Gasteiger partial charge on any atom is 0.240 e. The Morgan fingerprint density at radius 1 is 1.11 bits per heavy atom. The molecule has 104 valence electrons. The standard InChI is InChI=1S/C14H20N2O2S/c17-19(18,16-9-11-5-6-11)14-4-2-1-3-12(14)10-15-13-7-8-13/h1-4,11,13,15-16H,5-10H2. The highest BCUT2D eigenvalue weighted by Gasteiger charge is 2.26. The average Bonchev–Trinajstić information content (AvgIpc) is 3.29. The van der Waals surface area contributed by atoms with Crippen LogP contribution in [-0.4, -0.2) is 21.0 Å². The Labute approximate surface area is 114 Å². The molecule has 5 heteroatoms. The number of benzene rings is 1. The van der Waals surface area contributed by atoms with E-state index in [2.05, 4.69) is 10.0 Å². The number of nitrogens with one attached hydrogen (secondary N) is 2. The van der Waals surface area contributed by atoms with E-state index < -0.39 is 10.0 Å². The van der Waals surface area contributed by atoms with Gasteiger partial charge in [0.05, 0.1) is 4.90 Å². The lowest BCUT2D eigenvalue weighted by Gasteiger charge is -2.11. The molecule has 3 rings (SSSR count). The molecule has 0 atom stereocenters. The summed E-state index contributed by atoms with van der Waals surface area (Å²) in [5.74, 6) is 0.548. The normalized spacial score (nSPS) is 19.6. The summed E-state index contributed by atoms with van der Waals surface area (Å²) < 4.78 is 27.3. The van der Waals surface area contributed by atoms with Gasteiger partial charge in [-0.05, 0) is 43.2 Å². The minimum absolute atomic E-state index is 0.420. The molecule has 0 unspecified atom stereocenters. The SMILES string of the molecule is O=S(=O)(NCC1CC1)c1ccccc1CNC1CC1. The van der Waals surface area contributed by atoms with Crippen LogP contribution in [0.25, 0.3) is 0 Å². The second-order valence-corrected chi connectivity index (χ2v) is 7.29. The van der Waals surface area contributed by atoms with Gasteiger partial charge in [0.2, 0.25) is 10.0 Å². The van der Waals surface area contributed by atoms with Crippen LogP contribution in [0.15, 0.2) is 29.2 Å². The molecule has 2 aliphatic carbocycles. The minimum Gasteiger partial charge on any atom is -0.310 e.